The van der Waals surface area contributed by atoms with Gasteiger partial charge in [-0.1, -0.05) is 6.58 Å². The van der Waals surface area contributed by atoms with Crippen LogP contribution < -0.4 is 11.1 Å². The highest BCUT2D eigenvalue weighted by atomic mass is 16.2. The van der Waals surface area contributed by atoms with E-state index >= 15 is 0 Å². The normalized spacial score (nSPS) is 11.6. The fourth-order valence-corrected chi connectivity index (χ4v) is 0.888. The molecule has 0 spiro atoms. The molecule has 0 aliphatic heterocycles. The van der Waals surface area contributed by atoms with Crippen molar-refractivity contribution in [1.29, 1.82) is 0 Å². The van der Waals surface area contributed by atoms with Crippen LogP contribution in [0.3, 0.4) is 0 Å². The zero-order valence-corrected chi connectivity index (χ0v) is 8.08. The van der Waals surface area contributed by atoms with Gasteiger partial charge < -0.3 is 11.1 Å². The molecule has 78 valence electrons. The fourth-order valence-electron chi connectivity index (χ4n) is 0.888. The number of ketones is 2. The highest BCUT2D eigenvalue weighted by Crippen LogP contribution is 1.93. The monoisotopic (exact) mass is 198 g/mol. The number of nitrogens with two attached hydrogens (primary N) is 1. The molecule has 1 unspecified atom stereocenters. The lowest BCUT2D eigenvalue weighted by Gasteiger charge is -2.10. The number of carbonyl (C=O) groups excluding carboxylic acids is 3. The first-order valence-corrected chi connectivity index (χ1v) is 4.15. The van der Waals surface area contributed by atoms with E-state index in [9.17, 15) is 14.4 Å². The molecule has 0 heterocycles. The first-order valence-electron chi connectivity index (χ1n) is 4.15. The van der Waals surface area contributed by atoms with Crippen LogP contribution >= 0.6 is 0 Å². The second-order valence-corrected chi connectivity index (χ2v) is 2.94. The van der Waals surface area contributed by atoms with Gasteiger partial charge in [0.15, 0.2) is 0 Å². The minimum atomic E-state index is -0.757. The lowest BCUT2D eigenvalue weighted by molar-refractivity contribution is -0.126. The molecule has 5 nitrogen and oxygen atoms in total. The summed E-state index contributed by atoms with van der Waals surface area (Å²) in [6.45, 7) is 4.56. The topological polar surface area (TPSA) is 89.3 Å². The van der Waals surface area contributed by atoms with Gasteiger partial charge in [0.25, 0.3) is 0 Å². The number of Topliss-reactive ketones (excluding diaryl/α,β-unsaturated/α-hetero) is 2. The fraction of sp³-hybridized carbons (Fsp3) is 0.444. The van der Waals surface area contributed by atoms with Crippen molar-refractivity contribution in [3.63, 3.8) is 0 Å². The van der Waals surface area contributed by atoms with Gasteiger partial charge in [-0.2, -0.15) is 0 Å². The molecule has 0 radical (unpaired) electrons. The molecule has 1 atom stereocenters. The van der Waals surface area contributed by atoms with E-state index < -0.39 is 12.1 Å². The number of nitrogens with one attached hydrogen (secondary N) is 1. The third kappa shape index (κ3) is 6.07. The van der Waals surface area contributed by atoms with E-state index in [1.165, 1.54) is 6.92 Å². The minimum Gasteiger partial charge on any atom is -0.337 e. The van der Waals surface area contributed by atoms with Crippen molar-refractivity contribution in [3.05, 3.63) is 12.7 Å². The lowest BCUT2D eigenvalue weighted by Crippen LogP contribution is -2.42. The summed E-state index contributed by atoms with van der Waals surface area (Å²) in [6.07, 6.45) is 0.124. The van der Waals surface area contributed by atoms with Gasteiger partial charge in [0.2, 0.25) is 5.91 Å². The third-order valence-corrected chi connectivity index (χ3v) is 1.41. The maximum Gasteiger partial charge on any atom is 0.244 e. The van der Waals surface area contributed by atoms with E-state index in [4.69, 9.17) is 5.73 Å². The lowest BCUT2D eigenvalue weighted by atomic mass is 10.1. The van der Waals surface area contributed by atoms with Gasteiger partial charge in [-0.3, -0.25) is 14.4 Å². The molecular weight excluding hydrogens is 184 g/mol. The average Bonchev–Trinajstić information content (AvgIpc) is 2.01. The van der Waals surface area contributed by atoms with Crippen LogP contribution in [0.5, 0.6) is 0 Å². The third-order valence-electron chi connectivity index (χ3n) is 1.41. The molecule has 0 rings (SSSR count). The van der Waals surface area contributed by atoms with E-state index in [1.54, 1.807) is 0 Å². The number of carbonyl (C=O) groups is 3. The molecule has 14 heavy (non-hydrogen) atoms. The Morgan fingerprint density at radius 1 is 1.50 bits per heavy atom. The SMILES string of the molecule is C=CC(=O)NC(N)CC(=O)CC(C)=O. The molecule has 3 N–H and O–H groups in total. The Bertz CT molecular complexity index is 261. The van der Waals surface area contributed by atoms with Crippen LogP contribution in [0.2, 0.25) is 0 Å². The van der Waals surface area contributed by atoms with Crippen molar-refractivity contribution in [2.45, 2.75) is 25.9 Å². The summed E-state index contributed by atoms with van der Waals surface area (Å²) in [7, 11) is 0. The molecule has 5 heteroatoms. The van der Waals surface area contributed by atoms with Crippen molar-refractivity contribution >= 4 is 17.5 Å². The zero-order chi connectivity index (χ0) is 11.1. The van der Waals surface area contributed by atoms with E-state index in [0.717, 1.165) is 6.08 Å². The molecule has 0 bridgehead atoms. The summed E-state index contributed by atoms with van der Waals surface area (Å²) in [5.74, 6) is -0.931. The predicted molar refractivity (Wildman–Crippen MR) is 51.2 cm³/mol. The summed E-state index contributed by atoms with van der Waals surface area (Å²) in [4.78, 5) is 32.3. The number of hydrogen-bond donors (Lipinski definition) is 2. The summed E-state index contributed by atoms with van der Waals surface area (Å²) >= 11 is 0. The summed E-state index contributed by atoms with van der Waals surface area (Å²) in [5, 5.41) is 2.32. The molecular formula is C9H14N2O3. The van der Waals surface area contributed by atoms with Crippen LogP contribution in [0.15, 0.2) is 12.7 Å². The number of rotatable bonds is 6. The Morgan fingerprint density at radius 2 is 2.07 bits per heavy atom. The Balaban J connectivity index is 3.87. The molecule has 0 fully saturated rings. The Labute approximate surface area is 82.3 Å². The first-order chi connectivity index (χ1) is 6.45. The summed E-state index contributed by atoms with van der Waals surface area (Å²) < 4.78 is 0. The molecule has 0 saturated heterocycles. The molecule has 1 amide bonds. The highest BCUT2D eigenvalue weighted by Gasteiger charge is 2.12. The minimum absolute atomic E-state index is 0.0425. The van der Waals surface area contributed by atoms with Gasteiger partial charge in [0.05, 0.1) is 12.6 Å². The molecule has 0 saturated carbocycles. The first kappa shape index (κ1) is 12.5. The van der Waals surface area contributed by atoms with Crippen LogP contribution in [-0.4, -0.2) is 23.6 Å². The zero-order valence-electron chi connectivity index (χ0n) is 8.08. The van der Waals surface area contributed by atoms with E-state index in [1.807, 2.05) is 0 Å². The molecule has 0 aliphatic carbocycles. The molecule has 0 aromatic rings. The van der Waals surface area contributed by atoms with Gasteiger partial charge in [-0.25, -0.2) is 0 Å². The molecule has 0 aromatic heterocycles. The van der Waals surface area contributed by atoms with Crippen LogP contribution in [0.25, 0.3) is 0 Å². The largest absolute Gasteiger partial charge is 0.337 e. The van der Waals surface area contributed by atoms with Crippen LogP contribution in [0.1, 0.15) is 19.8 Å². The van der Waals surface area contributed by atoms with Crippen LogP contribution in [0.4, 0.5) is 0 Å². The second-order valence-electron chi connectivity index (χ2n) is 2.94. The van der Waals surface area contributed by atoms with Crippen molar-refractivity contribution in [2.75, 3.05) is 0 Å². The van der Waals surface area contributed by atoms with Crippen molar-refractivity contribution in [1.82, 2.24) is 5.32 Å². The van der Waals surface area contributed by atoms with Crippen LogP contribution in [-0.2, 0) is 14.4 Å². The second kappa shape index (κ2) is 6.04. The smallest absolute Gasteiger partial charge is 0.244 e. The van der Waals surface area contributed by atoms with E-state index in [-0.39, 0.29) is 24.4 Å². The summed E-state index contributed by atoms with van der Waals surface area (Å²) in [5.41, 5.74) is 5.41. The predicted octanol–water partition coefficient (Wildman–Crippen LogP) is -0.488. The van der Waals surface area contributed by atoms with Gasteiger partial charge in [0.1, 0.15) is 11.6 Å². The summed E-state index contributed by atoms with van der Waals surface area (Å²) in [6, 6.07) is 0. The Morgan fingerprint density at radius 3 is 2.50 bits per heavy atom. The van der Waals surface area contributed by atoms with E-state index in [0.29, 0.717) is 0 Å². The van der Waals surface area contributed by atoms with Gasteiger partial charge in [-0.05, 0) is 13.0 Å². The van der Waals surface area contributed by atoms with Crippen molar-refractivity contribution < 1.29 is 14.4 Å². The number of amides is 1. The van der Waals surface area contributed by atoms with Gasteiger partial charge in [0, 0.05) is 6.42 Å². The molecule has 0 aliphatic rings. The maximum absolute atomic E-state index is 11.1. The highest BCUT2D eigenvalue weighted by molar-refractivity contribution is 5.98. The Hall–Kier alpha value is -1.49. The Kier molecular flexibility index (Phi) is 5.40. The van der Waals surface area contributed by atoms with Crippen LogP contribution in [0, 0.1) is 0 Å². The van der Waals surface area contributed by atoms with Crippen molar-refractivity contribution in [3.8, 4) is 0 Å². The van der Waals surface area contributed by atoms with Gasteiger partial charge >= 0.3 is 0 Å². The van der Waals surface area contributed by atoms with E-state index in [2.05, 4.69) is 11.9 Å². The standard InChI is InChI=1S/C9H14N2O3/c1-3-9(14)11-8(10)5-7(13)4-6(2)12/h3,8H,1,4-5,10H2,2H3,(H,11,14). The molecule has 0 aromatic carbocycles. The van der Waals surface area contributed by atoms with Crippen molar-refractivity contribution in [2.24, 2.45) is 5.73 Å². The maximum atomic E-state index is 11.1. The quantitative estimate of drug-likeness (QED) is 0.342. The number of hydrogen-bond acceptors (Lipinski definition) is 4. The van der Waals surface area contributed by atoms with Gasteiger partial charge in [-0.15, -0.1) is 0 Å². The average molecular weight is 198 g/mol.